The molecule has 1 unspecified atom stereocenters. The van der Waals surface area contributed by atoms with Crippen LogP contribution in [-0.2, 0) is 14.8 Å². The van der Waals surface area contributed by atoms with E-state index in [0.717, 1.165) is 0 Å². The highest BCUT2D eigenvalue weighted by molar-refractivity contribution is 7.88. The number of hydrogen-bond donors (Lipinski definition) is 1. The van der Waals surface area contributed by atoms with Gasteiger partial charge in [0.25, 0.3) is 0 Å². The Morgan fingerprint density at radius 3 is 2.46 bits per heavy atom. The number of carbonyl (C=O) groups is 1. The van der Waals surface area contributed by atoms with Gasteiger partial charge in [0, 0.05) is 31.2 Å². The summed E-state index contributed by atoms with van der Waals surface area (Å²) in [6.07, 6.45) is 1.20. The Hall–Kier alpha value is -1.35. The number of ether oxygens (including phenoxy) is 1. The molecule has 24 heavy (non-hydrogen) atoms. The number of hydrogen-bond acceptors (Lipinski definition) is 5. The van der Waals surface area contributed by atoms with Crippen molar-refractivity contribution < 1.29 is 17.9 Å². The Morgan fingerprint density at radius 2 is 1.92 bits per heavy atom. The van der Waals surface area contributed by atoms with Crippen LogP contribution in [0.2, 0.25) is 5.02 Å². The highest BCUT2D eigenvalue weighted by atomic mass is 35.5. The molecule has 0 radical (unpaired) electrons. The summed E-state index contributed by atoms with van der Waals surface area (Å²) in [5, 5.41) is 3.32. The topological polar surface area (TPSA) is 79.0 Å². The lowest BCUT2D eigenvalue weighted by Gasteiger charge is -2.36. The van der Waals surface area contributed by atoms with Gasteiger partial charge in [-0.15, -0.1) is 0 Å². The second-order valence-electron chi connectivity index (χ2n) is 5.71. The summed E-state index contributed by atoms with van der Waals surface area (Å²) in [7, 11) is -1.66. The van der Waals surface area contributed by atoms with Crippen molar-refractivity contribution in [2.75, 3.05) is 44.9 Å². The molecule has 1 amide bonds. The molecule has 1 aromatic rings. The molecule has 0 aromatic heterocycles. The van der Waals surface area contributed by atoms with E-state index in [1.165, 1.54) is 17.7 Å². The summed E-state index contributed by atoms with van der Waals surface area (Å²) in [6, 6.07) is 4.61. The van der Waals surface area contributed by atoms with Crippen molar-refractivity contribution in [3.05, 3.63) is 23.2 Å². The van der Waals surface area contributed by atoms with Gasteiger partial charge in [-0.1, -0.05) is 11.6 Å². The van der Waals surface area contributed by atoms with Gasteiger partial charge in [0.2, 0.25) is 15.9 Å². The number of sulfonamides is 1. The fraction of sp³-hybridized carbons (Fsp3) is 0.533. The molecule has 0 bridgehead atoms. The molecule has 1 atom stereocenters. The van der Waals surface area contributed by atoms with Gasteiger partial charge in [-0.3, -0.25) is 9.69 Å². The van der Waals surface area contributed by atoms with E-state index in [1.54, 1.807) is 25.1 Å². The standard InChI is InChI=1S/C15H22ClN3O4S/c1-11(18-6-8-19(9-7-18)24(3,21)22)15(20)17-13-10-12(16)4-5-14(13)23-2/h4-5,10-11H,6-9H2,1-3H3,(H,17,20). The van der Waals surface area contributed by atoms with E-state index in [9.17, 15) is 13.2 Å². The third-order valence-corrected chi connectivity index (χ3v) is 5.63. The molecule has 0 aliphatic carbocycles. The van der Waals surface area contributed by atoms with Gasteiger partial charge in [0.05, 0.1) is 25.1 Å². The number of anilines is 1. The minimum absolute atomic E-state index is 0.191. The van der Waals surface area contributed by atoms with Crippen molar-refractivity contribution >= 4 is 33.2 Å². The Labute approximate surface area is 147 Å². The largest absolute Gasteiger partial charge is 0.495 e. The van der Waals surface area contributed by atoms with Gasteiger partial charge in [0.15, 0.2) is 0 Å². The third-order valence-electron chi connectivity index (χ3n) is 4.09. The highest BCUT2D eigenvalue weighted by Gasteiger charge is 2.29. The molecule has 7 nitrogen and oxygen atoms in total. The zero-order valence-electron chi connectivity index (χ0n) is 14.0. The summed E-state index contributed by atoms with van der Waals surface area (Å²) in [5.74, 6) is 0.338. The number of benzene rings is 1. The van der Waals surface area contributed by atoms with Crippen molar-refractivity contribution in [2.24, 2.45) is 0 Å². The molecule has 1 heterocycles. The van der Waals surface area contributed by atoms with Crippen LogP contribution in [-0.4, -0.2) is 69.1 Å². The molecular weight excluding hydrogens is 354 g/mol. The highest BCUT2D eigenvalue weighted by Crippen LogP contribution is 2.28. The maximum Gasteiger partial charge on any atom is 0.241 e. The maximum atomic E-state index is 12.5. The molecule has 9 heteroatoms. The van der Waals surface area contributed by atoms with Gasteiger partial charge >= 0.3 is 0 Å². The molecule has 1 aliphatic heterocycles. The lowest BCUT2D eigenvalue weighted by atomic mass is 10.2. The second-order valence-corrected chi connectivity index (χ2v) is 8.13. The zero-order chi connectivity index (χ0) is 17.9. The first-order valence-corrected chi connectivity index (χ1v) is 9.78. The van der Waals surface area contributed by atoms with Crippen LogP contribution < -0.4 is 10.1 Å². The number of halogens is 1. The van der Waals surface area contributed by atoms with Crippen molar-refractivity contribution in [3.63, 3.8) is 0 Å². The predicted molar refractivity (Wildman–Crippen MR) is 94.1 cm³/mol. The molecule has 1 N–H and O–H groups in total. The molecule has 1 fully saturated rings. The molecular formula is C15H22ClN3O4S. The lowest BCUT2D eigenvalue weighted by Crippen LogP contribution is -2.53. The summed E-state index contributed by atoms with van der Waals surface area (Å²) in [5.41, 5.74) is 0.511. The van der Waals surface area contributed by atoms with Crippen LogP contribution in [0.5, 0.6) is 5.75 Å². The van der Waals surface area contributed by atoms with E-state index >= 15 is 0 Å². The molecule has 2 rings (SSSR count). The van der Waals surface area contributed by atoms with E-state index in [0.29, 0.717) is 42.6 Å². The summed E-state index contributed by atoms with van der Waals surface area (Å²) < 4.78 is 29.7. The number of methoxy groups -OCH3 is 1. The molecule has 1 aromatic carbocycles. The van der Waals surface area contributed by atoms with Gasteiger partial charge in [-0.25, -0.2) is 8.42 Å². The van der Waals surface area contributed by atoms with Crippen molar-refractivity contribution in [1.29, 1.82) is 0 Å². The maximum absolute atomic E-state index is 12.5. The first kappa shape index (κ1) is 19.0. The Morgan fingerprint density at radius 1 is 1.29 bits per heavy atom. The van der Waals surface area contributed by atoms with Crippen LogP contribution in [0.15, 0.2) is 18.2 Å². The van der Waals surface area contributed by atoms with Crippen LogP contribution in [0.25, 0.3) is 0 Å². The summed E-state index contributed by atoms with van der Waals surface area (Å²) in [6.45, 7) is 3.58. The number of piperazine rings is 1. The Kier molecular flexibility index (Phi) is 6.08. The number of carbonyl (C=O) groups excluding carboxylic acids is 1. The smallest absolute Gasteiger partial charge is 0.241 e. The van der Waals surface area contributed by atoms with Crippen LogP contribution >= 0.6 is 11.6 Å². The van der Waals surface area contributed by atoms with Gasteiger partial charge in [-0.05, 0) is 25.1 Å². The van der Waals surface area contributed by atoms with Crippen molar-refractivity contribution in [1.82, 2.24) is 9.21 Å². The van der Waals surface area contributed by atoms with Gasteiger partial charge < -0.3 is 10.1 Å². The second kappa shape index (κ2) is 7.69. The SMILES string of the molecule is COc1ccc(Cl)cc1NC(=O)C(C)N1CCN(S(C)(=O)=O)CC1. The normalized spacial score (nSPS) is 18.2. The monoisotopic (exact) mass is 375 g/mol. The average Bonchev–Trinajstić information content (AvgIpc) is 2.53. The quantitative estimate of drug-likeness (QED) is 0.838. The summed E-state index contributed by atoms with van der Waals surface area (Å²) >= 11 is 5.96. The van der Waals surface area contributed by atoms with Crippen LogP contribution in [0.1, 0.15) is 6.92 Å². The fourth-order valence-electron chi connectivity index (χ4n) is 2.60. The van der Waals surface area contributed by atoms with Crippen molar-refractivity contribution in [2.45, 2.75) is 13.0 Å². The number of rotatable bonds is 5. The van der Waals surface area contributed by atoms with Gasteiger partial charge in [-0.2, -0.15) is 4.31 Å². The lowest BCUT2D eigenvalue weighted by molar-refractivity contribution is -0.121. The molecule has 0 spiro atoms. The predicted octanol–water partition coefficient (Wildman–Crippen LogP) is 1.25. The molecule has 1 aliphatic rings. The van der Waals surface area contributed by atoms with E-state index in [1.807, 2.05) is 4.90 Å². The molecule has 0 saturated carbocycles. The van der Waals surface area contributed by atoms with E-state index in [-0.39, 0.29) is 5.91 Å². The minimum atomic E-state index is -3.18. The Balaban J connectivity index is 2.00. The summed E-state index contributed by atoms with van der Waals surface area (Å²) in [4.78, 5) is 14.4. The zero-order valence-corrected chi connectivity index (χ0v) is 15.5. The van der Waals surface area contributed by atoms with Crippen LogP contribution in [0, 0.1) is 0 Å². The van der Waals surface area contributed by atoms with Crippen LogP contribution in [0.3, 0.4) is 0 Å². The number of nitrogens with zero attached hydrogens (tertiary/aromatic N) is 2. The first-order chi connectivity index (χ1) is 11.2. The minimum Gasteiger partial charge on any atom is -0.495 e. The van der Waals surface area contributed by atoms with Crippen LogP contribution in [0.4, 0.5) is 5.69 Å². The fourth-order valence-corrected chi connectivity index (χ4v) is 3.60. The molecule has 134 valence electrons. The van der Waals surface area contributed by atoms with Gasteiger partial charge in [0.1, 0.15) is 5.75 Å². The number of nitrogens with one attached hydrogen (secondary N) is 1. The number of amides is 1. The van der Waals surface area contributed by atoms with Crippen molar-refractivity contribution in [3.8, 4) is 5.75 Å². The van der Waals surface area contributed by atoms with E-state index in [2.05, 4.69) is 5.32 Å². The van der Waals surface area contributed by atoms with E-state index in [4.69, 9.17) is 16.3 Å². The first-order valence-electron chi connectivity index (χ1n) is 7.56. The average molecular weight is 376 g/mol. The van der Waals surface area contributed by atoms with E-state index < -0.39 is 16.1 Å². The Bertz CT molecular complexity index is 703. The molecule has 1 saturated heterocycles. The third kappa shape index (κ3) is 4.60.